The number of para-hydroxylation sites is 2. The highest BCUT2D eigenvalue weighted by Gasteiger charge is 2.42. The van der Waals surface area contributed by atoms with Gasteiger partial charge in [0, 0.05) is 57.9 Å². The van der Waals surface area contributed by atoms with Crippen molar-refractivity contribution in [2.45, 2.75) is 37.9 Å². The number of halogens is 1. The zero-order chi connectivity index (χ0) is 22.0. The molecule has 0 aromatic heterocycles. The van der Waals surface area contributed by atoms with Crippen LogP contribution in [0.2, 0.25) is 5.02 Å². The van der Waals surface area contributed by atoms with Gasteiger partial charge in [0.2, 0.25) is 5.91 Å². The van der Waals surface area contributed by atoms with Crippen LogP contribution in [0, 0.1) is 0 Å². The van der Waals surface area contributed by atoms with Crippen molar-refractivity contribution < 1.29 is 19.4 Å². The molecule has 1 amide bonds. The van der Waals surface area contributed by atoms with Gasteiger partial charge in [-0.1, -0.05) is 23.7 Å². The van der Waals surface area contributed by atoms with Gasteiger partial charge in [0.25, 0.3) is 0 Å². The number of benzene rings is 2. The summed E-state index contributed by atoms with van der Waals surface area (Å²) in [5.74, 6) is 1.46. The molecule has 166 valence electrons. The van der Waals surface area contributed by atoms with Gasteiger partial charge in [0.1, 0.15) is 29.8 Å². The third-order valence-corrected chi connectivity index (χ3v) is 6.46. The number of likely N-dealkylation sites (tertiary alicyclic amines) is 1. The van der Waals surface area contributed by atoms with E-state index in [1.165, 1.54) is 12.5 Å². The minimum Gasteiger partial charge on any atom is -0.489 e. The predicted octanol–water partition coefficient (Wildman–Crippen LogP) is 3.53. The van der Waals surface area contributed by atoms with Crippen LogP contribution in [0.15, 0.2) is 42.5 Å². The lowest BCUT2D eigenvalue weighted by atomic mass is 9.87. The molecule has 1 spiro atoms. The molecule has 31 heavy (non-hydrogen) atoms. The first-order valence-corrected chi connectivity index (χ1v) is 11.1. The Kier molecular flexibility index (Phi) is 6.42. The molecule has 2 aliphatic rings. The van der Waals surface area contributed by atoms with E-state index in [1.807, 2.05) is 42.5 Å². The number of carbonyl (C=O) groups excluding carboxylic acids is 1. The SMILES string of the molecule is CC(=O)N(C)c1ccccc1OC[C@H](O)CN1CCC2(CC1)Cc1cc(Cl)ccc1O2. The molecule has 2 aromatic rings. The van der Waals surface area contributed by atoms with Crippen molar-refractivity contribution in [2.24, 2.45) is 0 Å². The standard InChI is InChI=1S/C24H29ClN2O4/c1-17(28)26(2)21-5-3-4-6-23(21)30-16-20(29)15-27-11-9-24(10-12-27)14-18-13-19(25)7-8-22(18)31-24/h3-8,13,20,29H,9-12,14-16H2,1-2H3/t20-/m1/s1. The van der Waals surface area contributed by atoms with Gasteiger partial charge in [0.15, 0.2) is 0 Å². The molecule has 0 bridgehead atoms. The fraction of sp³-hybridized carbons (Fsp3) is 0.458. The van der Waals surface area contributed by atoms with Crippen molar-refractivity contribution in [3.63, 3.8) is 0 Å². The second-order valence-electron chi connectivity index (χ2n) is 8.53. The van der Waals surface area contributed by atoms with Gasteiger partial charge >= 0.3 is 0 Å². The summed E-state index contributed by atoms with van der Waals surface area (Å²) in [5, 5.41) is 11.3. The van der Waals surface area contributed by atoms with Crippen molar-refractivity contribution >= 4 is 23.2 Å². The largest absolute Gasteiger partial charge is 0.489 e. The summed E-state index contributed by atoms with van der Waals surface area (Å²) in [4.78, 5) is 15.5. The monoisotopic (exact) mass is 444 g/mol. The molecule has 1 fully saturated rings. The minimum atomic E-state index is -0.620. The predicted molar refractivity (Wildman–Crippen MR) is 121 cm³/mol. The second-order valence-corrected chi connectivity index (χ2v) is 8.96. The quantitative estimate of drug-likeness (QED) is 0.738. The third-order valence-electron chi connectivity index (χ3n) is 6.23. The van der Waals surface area contributed by atoms with Crippen molar-refractivity contribution in [2.75, 3.05) is 38.2 Å². The molecule has 0 saturated carbocycles. The Balaban J connectivity index is 1.27. The van der Waals surface area contributed by atoms with Crippen LogP contribution in [0.25, 0.3) is 0 Å². The molecule has 1 atom stereocenters. The summed E-state index contributed by atoms with van der Waals surface area (Å²) < 4.78 is 12.2. The van der Waals surface area contributed by atoms with Crippen molar-refractivity contribution in [3.8, 4) is 11.5 Å². The number of nitrogens with zero attached hydrogens (tertiary/aromatic N) is 2. The topological polar surface area (TPSA) is 62.2 Å². The van der Waals surface area contributed by atoms with Gasteiger partial charge in [-0.3, -0.25) is 4.79 Å². The number of rotatable bonds is 6. The van der Waals surface area contributed by atoms with Crippen LogP contribution in [0.5, 0.6) is 11.5 Å². The smallest absolute Gasteiger partial charge is 0.223 e. The molecule has 0 aliphatic carbocycles. The molecule has 4 rings (SSSR count). The number of β-amino-alcohol motifs (C(OH)–C–C–N with tert-alkyl or cyclic N) is 1. The van der Waals surface area contributed by atoms with Gasteiger partial charge in [-0.25, -0.2) is 0 Å². The summed E-state index contributed by atoms with van der Waals surface area (Å²) in [6.45, 7) is 3.95. The van der Waals surface area contributed by atoms with E-state index in [9.17, 15) is 9.90 Å². The van der Waals surface area contributed by atoms with Crippen LogP contribution < -0.4 is 14.4 Å². The minimum absolute atomic E-state index is 0.0719. The maximum atomic E-state index is 11.7. The summed E-state index contributed by atoms with van der Waals surface area (Å²) in [6, 6.07) is 13.2. The first-order chi connectivity index (χ1) is 14.8. The zero-order valence-corrected chi connectivity index (χ0v) is 18.8. The number of fused-ring (bicyclic) bond motifs is 1. The number of ether oxygens (including phenoxy) is 2. The molecule has 0 unspecified atom stereocenters. The van der Waals surface area contributed by atoms with Crippen LogP contribution in [0.4, 0.5) is 5.69 Å². The van der Waals surface area contributed by atoms with E-state index >= 15 is 0 Å². The van der Waals surface area contributed by atoms with E-state index in [4.69, 9.17) is 21.1 Å². The number of carbonyl (C=O) groups is 1. The Morgan fingerprint density at radius 2 is 2.03 bits per heavy atom. The zero-order valence-electron chi connectivity index (χ0n) is 18.0. The fourth-order valence-electron chi connectivity index (χ4n) is 4.39. The molecule has 0 radical (unpaired) electrons. The lowest BCUT2D eigenvalue weighted by Crippen LogP contribution is -2.49. The number of hydrogen-bond acceptors (Lipinski definition) is 5. The van der Waals surface area contributed by atoms with Crippen LogP contribution in [0.1, 0.15) is 25.3 Å². The number of aliphatic hydroxyl groups is 1. The van der Waals surface area contributed by atoms with Crippen molar-refractivity contribution in [1.82, 2.24) is 4.90 Å². The normalized spacial score (nSPS) is 18.3. The van der Waals surface area contributed by atoms with Gasteiger partial charge in [-0.05, 0) is 35.9 Å². The summed E-state index contributed by atoms with van der Waals surface area (Å²) in [6.07, 6.45) is 2.10. The molecule has 1 N–H and O–H groups in total. The molecule has 2 aliphatic heterocycles. The maximum Gasteiger partial charge on any atom is 0.223 e. The van der Waals surface area contributed by atoms with E-state index in [0.717, 1.165) is 43.1 Å². The number of piperidine rings is 1. The Morgan fingerprint density at radius 3 is 2.77 bits per heavy atom. The Bertz CT molecular complexity index is 943. The number of amides is 1. The third kappa shape index (κ3) is 4.97. The van der Waals surface area contributed by atoms with Gasteiger partial charge < -0.3 is 24.4 Å². The second kappa shape index (κ2) is 9.07. The maximum absolute atomic E-state index is 11.7. The Hall–Kier alpha value is -2.28. The van der Waals surface area contributed by atoms with Crippen molar-refractivity contribution in [3.05, 3.63) is 53.1 Å². The lowest BCUT2D eigenvalue weighted by Gasteiger charge is -2.39. The number of hydrogen-bond donors (Lipinski definition) is 1. The van der Waals surface area contributed by atoms with E-state index in [2.05, 4.69) is 4.90 Å². The Morgan fingerprint density at radius 1 is 1.29 bits per heavy atom. The average Bonchev–Trinajstić information content (AvgIpc) is 3.10. The highest BCUT2D eigenvalue weighted by atomic mass is 35.5. The molecule has 1 saturated heterocycles. The highest BCUT2D eigenvalue weighted by molar-refractivity contribution is 6.30. The average molecular weight is 445 g/mol. The van der Waals surface area contributed by atoms with Gasteiger partial charge in [0.05, 0.1) is 5.69 Å². The van der Waals surface area contributed by atoms with Gasteiger partial charge in [-0.15, -0.1) is 0 Å². The molecule has 6 nitrogen and oxygen atoms in total. The molecular weight excluding hydrogens is 416 g/mol. The van der Waals surface area contributed by atoms with E-state index < -0.39 is 6.10 Å². The van der Waals surface area contributed by atoms with Crippen LogP contribution in [0.3, 0.4) is 0 Å². The fourth-order valence-corrected chi connectivity index (χ4v) is 4.58. The van der Waals surface area contributed by atoms with E-state index in [0.29, 0.717) is 18.0 Å². The first-order valence-electron chi connectivity index (χ1n) is 10.7. The van der Waals surface area contributed by atoms with E-state index in [-0.39, 0.29) is 18.1 Å². The molecule has 7 heteroatoms. The van der Waals surface area contributed by atoms with Crippen molar-refractivity contribution in [1.29, 1.82) is 0 Å². The number of aliphatic hydroxyl groups excluding tert-OH is 1. The molecule has 2 heterocycles. The summed E-state index contributed by atoms with van der Waals surface area (Å²) in [7, 11) is 1.71. The van der Waals surface area contributed by atoms with Gasteiger partial charge in [-0.2, -0.15) is 0 Å². The van der Waals surface area contributed by atoms with Crippen LogP contribution in [-0.2, 0) is 11.2 Å². The molecular formula is C24H29ClN2O4. The lowest BCUT2D eigenvalue weighted by molar-refractivity contribution is -0.116. The van der Waals surface area contributed by atoms with E-state index in [1.54, 1.807) is 11.9 Å². The summed E-state index contributed by atoms with van der Waals surface area (Å²) in [5.41, 5.74) is 1.73. The molecule has 2 aromatic carbocycles. The first kappa shape index (κ1) is 21.9. The number of anilines is 1. The Labute approximate surface area is 188 Å². The summed E-state index contributed by atoms with van der Waals surface area (Å²) >= 11 is 6.12. The van der Waals surface area contributed by atoms with Crippen LogP contribution >= 0.6 is 11.6 Å². The van der Waals surface area contributed by atoms with Crippen LogP contribution in [-0.4, -0.2) is 60.9 Å². The highest BCUT2D eigenvalue weighted by Crippen LogP contribution is 2.42.